The molecule has 0 N–H and O–H groups in total. The van der Waals surface area contributed by atoms with Crippen LogP contribution in [-0.4, -0.2) is 5.54 Å². The molecule has 3 nitrogen and oxygen atoms in total. The molecule has 0 saturated heterocycles. The van der Waals surface area contributed by atoms with Crippen molar-refractivity contribution >= 4 is 0 Å². The molecule has 0 unspecified atom stereocenters. The molecule has 0 rings (SSSR count). The van der Waals surface area contributed by atoms with Crippen molar-refractivity contribution in [2.24, 2.45) is 5.11 Å². The van der Waals surface area contributed by atoms with Crippen molar-refractivity contribution < 1.29 is 0 Å². The second kappa shape index (κ2) is 7.69. The van der Waals surface area contributed by atoms with Crippen LogP contribution in [0.1, 0.15) is 65.7 Å². The summed E-state index contributed by atoms with van der Waals surface area (Å²) in [5, 5.41) is 3.97. The lowest BCUT2D eigenvalue weighted by molar-refractivity contribution is 0.350. The third-order valence-electron chi connectivity index (χ3n) is 3.07. The number of nitrogens with zero attached hydrogens (tertiary/aromatic N) is 3. The van der Waals surface area contributed by atoms with Crippen molar-refractivity contribution in [3.8, 4) is 0 Å². The van der Waals surface area contributed by atoms with Crippen LogP contribution in [0.2, 0.25) is 0 Å². The lowest BCUT2D eigenvalue weighted by atomic mass is 9.88. The molecule has 14 heavy (non-hydrogen) atoms. The van der Waals surface area contributed by atoms with Gasteiger partial charge in [0.2, 0.25) is 0 Å². The molecule has 0 aromatic rings. The standard InChI is InChI=1S/C11H23N3/c1-4-7-8-9-10-11(5-2,6-3)13-14-12/h4-10H2,1-3H3. The Hall–Kier alpha value is -0.690. The van der Waals surface area contributed by atoms with Crippen molar-refractivity contribution in [3.63, 3.8) is 0 Å². The number of hydrogen-bond acceptors (Lipinski definition) is 1. The smallest absolute Gasteiger partial charge is 0.0483 e. The maximum absolute atomic E-state index is 8.53. The fourth-order valence-corrected chi connectivity index (χ4v) is 1.77. The molecule has 0 aliphatic rings. The quantitative estimate of drug-likeness (QED) is 0.232. The summed E-state index contributed by atoms with van der Waals surface area (Å²) in [7, 11) is 0. The van der Waals surface area contributed by atoms with Gasteiger partial charge in [0.05, 0.1) is 0 Å². The summed E-state index contributed by atoms with van der Waals surface area (Å²) in [6, 6.07) is 0. The van der Waals surface area contributed by atoms with Gasteiger partial charge in [-0.3, -0.25) is 0 Å². The first-order valence-electron chi connectivity index (χ1n) is 5.81. The van der Waals surface area contributed by atoms with E-state index in [2.05, 4.69) is 30.8 Å². The predicted octanol–water partition coefficient (Wildman–Crippen LogP) is 4.83. The monoisotopic (exact) mass is 197 g/mol. The maximum atomic E-state index is 8.53. The Morgan fingerprint density at radius 3 is 2.14 bits per heavy atom. The minimum absolute atomic E-state index is 0.109. The fraction of sp³-hybridized carbons (Fsp3) is 1.00. The van der Waals surface area contributed by atoms with E-state index in [1.165, 1.54) is 25.7 Å². The zero-order valence-electron chi connectivity index (χ0n) is 9.79. The molecule has 0 bridgehead atoms. The Kier molecular flexibility index (Phi) is 7.31. The van der Waals surface area contributed by atoms with E-state index in [1.54, 1.807) is 0 Å². The Labute approximate surface area is 87.5 Å². The molecule has 0 aromatic heterocycles. The van der Waals surface area contributed by atoms with Gasteiger partial charge in [0.25, 0.3) is 0 Å². The van der Waals surface area contributed by atoms with Crippen molar-refractivity contribution in [3.05, 3.63) is 10.4 Å². The van der Waals surface area contributed by atoms with Crippen molar-refractivity contribution in [2.75, 3.05) is 0 Å². The summed E-state index contributed by atoms with van der Waals surface area (Å²) < 4.78 is 0. The minimum Gasteiger partial charge on any atom is -0.0873 e. The second-order valence-electron chi connectivity index (χ2n) is 3.93. The van der Waals surface area contributed by atoms with Crippen LogP contribution in [0.4, 0.5) is 0 Å². The van der Waals surface area contributed by atoms with Gasteiger partial charge < -0.3 is 0 Å². The second-order valence-corrected chi connectivity index (χ2v) is 3.93. The Bertz CT molecular complexity index is 179. The van der Waals surface area contributed by atoms with Gasteiger partial charge in [-0.15, -0.1) is 0 Å². The molecule has 82 valence electrons. The number of unbranched alkanes of at least 4 members (excludes halogenated alkanes) is 3. The summed E-state index contributed by atoms with van der Waals surface area (Å²) in [4.78, 5) is 2.97. The fourth-order valence-electron chi connectivity index (χ4n) is 1.77. The van der Waals surface area contributed by atoms with E-state index in [0.29, 0.717) is 0 Å². The van der Waals surface area contributed by atoms with Crippen LogP contribution in [0, 0.1) is 0 Å². The van der Waals surface area contributed by atoms with Crippen LogP contribution < -0.4 is 0 Å². The Morgan fingerprint density at radius 1 is 1.07 bits per heavy atom. The summed E-state index contributed by atoms with van der Waals surface area (Å²) in [6.07, 6.45) is 7.96. The molecule has 0 atom stereocenters. The van der Waals surface area contributed by atoms with E-state index in [-0.39, 0.29) is 5.54 Å². The summed E-state index contributed by atoms with van der Waals surface area (Å²) in [6.45, 7) is 6.43. The van der Waals surface area contributed by atoms with Gasteiger partial charge in [-0.25, -0.2) is 0 Å². The highest BCUT2D eigenvalue weighted by molar-refractivity contribution is 4.85. The van der Waals surface area contributed by atoms with Crippen LogP contribution in [0.3, 0.4) is 0 Å². The molecule has 0 heterocycles. The highest BCUT2D eigenvalue weighted by Gasteiger charge is 2.23. The summed E-state index contributed by atoms with van der Waals surface area (Å²) in [5.74, 6) is 0. The van der Waals surface area contributed by atoms with E-state index < -0.39 is 0 Å². The zero-order chi connectivity index (χ0) is 10.9. The summed E-state index contributed by atoms with van der Waals surface area (Å²) >= 11 is 0. The molecular weight excluding hydrogens is 174 g/mol. The lowest BCUT2D eigenvalue weighted by Crippen LogP contribution is -2.23. The topological polar surface area (TPSA) is 48.8 Å². The number of hydrogen-bond donors (Lipinski definition) is 0. The Morgan fingerprint density at radius 2 is 1.71 bits per heavy atom. The number of rotatable bonds is 8. The van der Waals surface area contributed by atoms with E-state index >= 15 is 0 Å². The average molecular weight is 197 g/mol. The third-order valence-corrected chi connectivity index (χ3v) is 3.07. The van der Waals surface area contributed by atoms with E-state index in [9.17, 15) is 0 Å². The van der Waals surface area contributed by atoms with Crippen molar-refractivity contribution in [2.45, 2.75) is 71.3 Å². The van der Waals surface area contributed by atoms with Crippen molar-refractivity contribution in [1.29, 1.82) is 0 Å². The molecule has 0 amide bonds. The first-order chi connectivity index (χ1) is 6.74. The highest BCUT2D eigenvalue weighted by atomic mass is 15.2. The largest absolute Gasteiger partial charge is 0.0873 e. The molecule has 3 heteroatoms. The molecule has 0 radical (unpaired) electrons. The molecule has 0 aromatic carbocycles. The van der Waals surface area contributed by atoms with Crippen LogP contribution in [0.25, 0.3) is 10.4 Å². The van der Waals surface area contributed by atoms with E-state index in [1.807, 2.05) is 0 Å². The van der Waals surface area contributed by atoms with Crippen LogP contribution in [-0.2, 0) is 0 Å². The molecule has 0 spiro atoms. The molecule has 0 aliphatic carbocycles. The van der Waals surface area contributed by atoms with E-state index in [0.717, 1.165) is 19.3 Å². The predicted molar refractivity (Wildman–Crippen MR) is 61.2 cm³/mol. The van der Waals surface area contributed by atoms with Crippen LogP contribution in [0.15, 0.2) is 5.11 Å². The SMILES string of the molecule is CCCCCCC(CC)(CC)N=[N+]=[N-]. The summed E-state index contributed by atoms with van der Waals surface area (Å²) in [5.41, 5.74) is 8.42. The lowest BCUT2D eigenvalue weighted by Gasteiger charge is -2.25. The van der Waals surface area contributed by atoms with E-state index in [4.69, 9.17) is 5.53 Å². The third kappa shape index (κ3) is 4.52. The van der Waals surface area contributed by atoms with Gasteiger partial charge in [0.1, 0.15) is 0 Å². The molecule has 0 fully saturated rings. The van der Waals surface area contributed by atoms with Gasteiger partial charge >= 0.3 is 0 Å². The maximum Gasteiger partial charge on any atom is 0.0483 e. The molecule has 0 saturated carbocycles. The molecular formula is C11H23N3. The average Bonchev–Trinajstić information content (AvgIpc) is 2.23. The normalized spacial score (nSPS) is 11.1. The minimum atomic E-state index is -0.109. The van der Waals surface area contributed by atoms with Crippen LogP contribution >= 0.6 is 0 Å². The first kappa shape index (κ1) is 13.3. The van der Waals surface area contributed by atoms with Crippen molar-refractivity contribution in [1.82, 2.24) is 0 Å². The Balaban J connectivity index is 4.01. The van der Waals surface area contributed by atoms with Gasteiger partial charge in [0, 0.05) is 10.5 Å². The zero-order valence-corrected chi connectivity index (χ0v) is 9.79. The molecule has 0 aliphatic heterocycles. The first-order valence-corrected chi connectivity index (χ1v) is 5.81. The van der Waals surface area contributed by atoms with Crippen LogP contribution in [0.5, 0.6) is 0 Å². The van der Waals surface area contributed by atoms with Gasteiger partial charge in [-0.2, -0.15) is 0 Å². The van der Waals surface area contributed by atoms with Gasteiger partial charge in [0.15, 0.2) is 0 Å². The van der Waals surface area contributed by atoms with Gasteiger partial charge in [-0.1, -0.05) is 51.6 Å². The van der Waals surface area contributed by atoms with Gasteiger partial charge in [-0.05, 0) is 24.8 Å². The highest BCUT2D eigenvalue weighted by Crippen LogP contribution is 2.27. The number of azide groups is 1.